The normalized spacial score (nSPS) is 28.8. The van der Waals surface area contributed by atoms with Gasteiger partial charge in [0.25, 0.3) is 0 Å². The monoisotopic (exact) mass is 292 g/mol. The molecule has 1 aromatic heterocycles. The van der Waals surface area contributed by atoms with Crippen molar-refractivity contribution in [3.63, 3.8) is 0 Å². The Morgan fingerprint density at radius 3 is 3.12 bits per heavy atom. The minimum atomic E-state index is 0. The molecule has 0 spiro atoms. The van der Waals surface area contributed by atoms with Crippen LogP contribution in [0.2, 0.25) is 5.02 Å². The highest BCUT2D eigenvalue weighted by Crippen LogP contribution is 2.27. The van der Waals surface area contributed by atoms with Gasteiger partial charge in [0.2, 0.25) is 0 Å². The predicted octanol–water partition coefficient (Wildman–Crippen LogP) is 3.01. The van der Waals surface area contributed by atoms with Crippen LogP contribution in [0.3, 0.4) is 0 Å². The maximum absolute atomic E-state index is 5.95. The van der Waals surface area contributed by atoms with Gasteiger partial charge in [0, 0.05) is 35.9 Å². The van der Waals surface area contributed by atoms with Gasteiger partial charge in [-0.25, -0.2) is 0 Å². The lowest BCUT2D eigenvalue weighted by molar-refractivity contribution is 0.157. The number of rotatable bonds is 2. The number of halogens is 2. The number of nitrogens with zero attached hydrogens (tertiary/aromatic N) is 1. The third kappa shape index (κ3) is 3.15. The summed E-state index contributed by atoms with van der Waals surface area (Å²) >= 11 is 7.73. The van der Waals surface area contributed by atoms with Crippen molar-refractivity contribution < 1.29 is 0 Å². The highest BCUT2D eigenvalue weighted by molar-refractivity contribution is 7.10. The molecule has 17 heavy (non-hydrogen) atoms. The lowest BCUT2D eigenvalue weighted by Crippen LogP contribution is -2.43. The van der Waals surface area contributed by atoms with Crippen molar-refractivity contribution in [1.29, 1.82) is 0 Å². The smallest absolute Gasteiger partial charge is 0.0516 e. The average molecular weight is 293 g/mol. The van der Waals surface area contributed by atoms with E-state index in [9.17, 15) is 0 Å². The molecule has 1 N–H and O–H groups in total. The van der Waals surface area contributed by atoms with Crippen molar-refractivity contribution in [2.24, 2.45) is 5.92 Å². The summed E-state index contributed by atoms with van der Waals surface area (Å²) in [7, 11) is 0. The van der Waals surface area contributed by atoms with Crippen LogP contribution in [0.4, 0.5) is 0 Å². The first kappa shape index (κ1) is 13.6. The molecule has 0 amide bonds. The van der Waals surface area contributed by atoms with Gasteiger partial charge in [-0.15, -0.1) is 23.7 Å². The summed E-state index contributed by atoms with van der Waals surface area (Å²) in [5.74, 6) is 0.879. The lowest BCUT2D eigenvalue weighted by Gasteiger charge is -2.34. The molecule has 0 radical (unpaired) electrons. The number of thiophene rings is 1. The van der Waals surface area contributed by atoms with E-state index in [1.165, 1.54) is 37.4 Å². The highest BCUT2D eigenvalue weighted by atomic mass is 35.5. The van der Waals surface area contributed by atoms with E-state index in [1.54, 1.807) is 11.3 Å². The summed E-state index contributed by atoms with van der Waals surface area (Å²) in [6.07, 6.45) is 2.66. The molecule has 0 bridgehead atoms. The van der Waals surface area contributed by atoms with Crippen LogP contribution in [0, 0.1) is 5.92 Å². The van der Waals surface area contributed by atoms with Crippen LogP contribution in [-0.4, -0.2) is 30.6 Å². The molecule has 2 aliphatic rings. The molecule has 3 heterocycles. The Labute approximate surface area is 118 Å². The van der Waals surface area contributed by atoms with Crippen molar-refractivity contribution in [1.82, 2.24) is 10.2 Å². The van der Waals surface area contributed by atoms with Gasteiger partial charge < -0.3 is 5.32 Å². The molecule has 2 fully saturated rings. The minimum absolute atomic E-state index is 0. The van der Waals surface area contributed by atoms with E-state index in [1.807, 2.05) is 5.38 Å². The zero-order valence-corrected chi connectivity index (χ0v) is 12.1. The van der Waals surface area contributed by atoms with Gasteiger partial charge in [-0.1, -0.05) is 11.6 Å². The molecule has 5 heteroatoms. The van der Waals surface area contributed by atoms with Crippen molar-refractivity contribution in [2.45, 2.75) is 25.4 Å². The minimum Gasteiger partial charge on any atom is -0.314 e. The molecular formula is C12H18Cl2N2S. The van der Waals surface area contributed by atoms with Gasteiger partial charge in [0.1, 0.15) is 0 Å². The summed E-state index contributed by atoms with van der Waals surface area (Å²) in [6.45, 7) is 4.78. The number of hydrogen-bond acceptors (Lipinski definition) is 3. The summed E-state index contributed by atoms with van der Waals surface area (Å²) in [6, 6.07) is 2.90. The zero-order chi connectivity index (χ0) is 11.0. The van der Waals surface area contributed by atoms with E-state index in [2.05, 4.69) is 16.3 Å². The SMILES string of the molecule is Cl.Clc1csc(CN2CCC3NCCC3C2)c1. The fraction of sp³-hybridized carbons (Fsp3) is 0.667. The summed E-state index contributed by atoms with van der Waals surface area (Å²) in [5, 5.41) is 6.52. The fourth-order valence-corrected chi connectivity index (χ4v) is 4.04. The van der Waals surface area contributed by atoms with Gasteiger partial charge in [0.05, 0.1) is 5.02 Å². The maximum atomic E-state index is 5.95. The Bertz CT molecular complexity index is 369. The van der Waals surface area contributed by atoms with Crippen LogP contribution >= 0.6 is 35.3 Å². The van der Waals surface area contributed by atoms with Gasteiger partial charge in [-0.05, 0) is 31.4 Å². The molecule has 2 unspecified atom stereocenters. The number of hydrogen-bond donors (Lipinski definition) is 1. The second-order valence-electron chi connectivity index (χ2n) is 4.86. The van der Waals surface area contributed by atoms with Gasteiger partial charge in [0.15, 0.2) is 0 Å². The standard InChI is InChI=1S/C12H17ClN2S.ClH/c13-10-5-11(16-8-10)7-15-4-2-12-9(6-15)1-3-14-12;/h5,8-9,12,14H,1-4,6-7H2;1H. The topological polar surface area (TPSA) is 15.3 Å². The molecular weight excluding hydrogens is 275 g/mol. The number of fused-ring (bicyclic) bond motifs is 1. The van der Waals surface area contributed by atoms with Crippen molar-refractivity contribution in [2.75, 3.05) is 19.6 Å². The zero-order valence-electron chi connectivity index (χ0n) is 9.69. The number of piperidine rings is 1. The lowest BCUT2D eigenvalue weighted by atomic mass is 9.93. The molecule has 0 saturated carbocycles. The van der Waals surface area contributed by atoms with Crippen LogP contribution < -0.4 is 5.32 Å². The van der Waals surface area contributed by atoms with E-state index in [0.29, 0.717) is 0 Å². The van der Waals surface area contributed by atoms with Crippen LogP contribution in [0.15, 0.2) is 11.4 Å². The summed E-state index contributed by atoms with van der Waals surface area (Å²) in [4.78, 5) is 3.98. The van der Waals surface area contributed by atoms with Crippen LogP contribution in [0.5, 0.6) is 0 Å². The molecule has 3 rings (SSSR count). The first-order valence-electron chi connectivity index (χ1n) is 6.00. The molecule has 2 aliphatic heterocycles. The van der Waals surface area contributed by atoms with E-state index in [4.69, 9.17) is 11.6 Å². The molecule has 1 aromatic rings. The molecule has 2 nitrogen and oxygen atoms in total. The molecule has 0 aliphatic carbocycles. The highest BCUT2D eigenvalue weighted by Gasteiger charge is 2.32. The Morgan fingerprint density at radius 2 is 2.35 bits per heavy atom. The van der Waals surface area contributed by atoms with Crippen molar-refractivity contribution in [3.8, 4) is 0 Å². The number of likely N-dealkylation sites (tertiary alicyclic amines) is 1. The summed E-state index contributed by atoms with van der Waals surface area (Å²) in [5.41, 5.74) is 0. The second-order valence-corrected chi connectivity index (χ2v) is 6.30. The third-order valence-corrected chi connectivity index (χ3v) is 5.01. The van der Waals surface area contributed by atoms with Crippen LogP contribution in [0.1, 0.15) is 17.7 Å². The van der Waals surface area contributed by atoms with Crippen molar-refractivity contribution >= 4 is 35.3 Å². The van der Waals surface area contributed by atoms with Gasteiger partial charge in [-0.3, -0.25) is 4.90 Å². The Balaban J connectivity index is 0.00000108. The Kier molecular flexibility index (Phi) is 4.72. The maximum Gasteiger partial charge on any atom is 0.0516 e. The van der Waals surface area contributed by atoms with E-state index in [0.717, 1.165) is 23.5 Å². The fourth-order valence-electron chi connectivity index (χ4n) is 2.92. The second kappa shape index (κ2) is 5.89. The molecule has 2 saturated heterocycles. The molecule has 0 aromatic carbocycles. The Hall–Kier alpha value is 0.200. The number of nitrogens with one attached hydrogen (secondary N) is 1. The van der Waals surface area contributed by atoms with E-state index < -0.39 is 0 Å². The van der Waals surface area contributed by atoms with Gasteiger partial charge >= 0.3 is 0 Å². The average Bonchev–Trinajstić information content (AvgIpc) is 2.87. The summed E-state index contributed by atoms with van der Waals surface area (Å²) < 4.78 is 0. The van der Waals surface area contributed by atoms with E-state index >= 15 is 0 Å². The first-order chi connectivity index (χ1) is 7.81. The van der Waals surface area contributed by atoms with Crippen molar-refractivity contribution in [3.05, 3.63) is 21.3 Å². The first-order valence-corrected chi connectivity index (χ1v) is 7.25. The molecule has 2 atom stereocenters. The Morgan fingerprint density at radius 1 is 1.47 bits per heavy atom. The van der Waals surface area contributed by atoms with Crippen LogP contribution in [0.25, 0.3) is 0 Å². The molecule has 96 valence electrons. The quantitative estimate of drug-likeness (QED) is 0.901. The predicted molar refractivity (Wildman–Crippen MR) is 76.4 cm³/mol. The van der Waals surface area contributed by atoms with Gasteiger partial charge in [-0.2, -0.15) is 0 Å². The van der Waals surface area contributed by atoms with Crippen LogP contribution in [-0.2, 0) is 6.54 Å². The third-order valence-electron chi connectivity index (χ3n) is 3.74. The largest absolute Gasteiger partial charge is 0.314 e. The van der Waals surface area contributed by atoms with E-state index in [-0.39, 0.29) is 12.4 Å².